The van der Waals surface area contributed by atoms with Crippen molar-refractivity contribution in [2.75, 3.05) is 32.9 Å². The van der Waals surface area contributed by atoms with E-state index in [0.29, 0.717) is 38.3 Å². The van der Waals surface area contributed by atoms with Gasteiger partial charge in [-0.15, -0.1) is 0 Å². The van der Waals surface area contributed by atoms with Gasteiger partial charge in [0.15, 0.2) is 17.6 Å². The van der Waals surface area contributed by atoms with Gasteiger partial charge >= 0.3 is 5.97 Å². The average Bonchev–Trinajstić information content (AvgIpc) is 2.59. The number of hydrogen-bond acceptors (Lipinski definition) is 5. The van der Waals surface area contributed by atoms with Gasteiger partial charge < -0.3 is 24.2 Å². The lowest BCUT2D eigenvalue weighted by Gasteiger charge is -2.31. The van der Waals surface area contributed by atoms with Crippen molar-refractivity contribution in [1.82, 2.24) is 4.90 Å². The molecule has 0 aromatic heterocycles. The first-order valence-electron chi connectivity index (χ1n) is 7.64. The lowest BCUT2D eigenvalue weighted by atomic mass is 10.1. The Labute approximate surface area is 133 Å². The molecule has 7 heteroatoms. The van der Waals surface area contributed by atoms with Gasteiger partial charge in [0.2, 0.25) is 5.91 Å². The topological polar surface area (TPSA) is 85.3 Å². The molecular formula is C16H19NO6. The number of carboxylic acid groups (broad SMARTS) is 1. The second-order valence-corrected chi connectivity index (χ2v) is 5.52. The molecule has 23 heavy (non-hydrogen) atoms. The van der Waals surface area contributed by atoms with Gasteiger partial charge in [-0.05, 0) is 24.1 Å². The molecule has 1 saturated heterocycles. The largest absolute Gasteiger partial charge is 0.486 e. The highest BCUT2D eigenvalue weighted by molar-refractivity contribution is 5.79. The van der Waals surface area contributed by atoms with E-state index in [4.69, 9.17) is 19.3 Å². The first-order chi connectivity index (χ1) is 11.1. The molecule has 0 aliphatic carbocycles. The molecule has 124 valence electrons. The van der Waals surface area contributed by atoms with Crippen molar-refractivity contribution in [3.63, 3.8) is 0 Å². The van der Waals surface area contributed by atoms with Crippen LogP contribution in [0.25, 0.3) is 0 Å². The number of morpholine rings is 1. The predicted molar refractivity (Wildman–Crippen MR) is 79.7 cm³/mol. The summed E-state index contributed by atoms with van der Waals surface area (Å²) in [6.07, 6.45) is -0.0294. The van der Waals surface area contributed by atoms with Crippen LogP contribution in [0.15, 0.2) is 18.2 Å². The van der Waals surface area contributed by atoms with Gasteiger partial charge in [0.1, 0.15) is 13.2 Å². The Morgan fingerprint density at radius 3 is 2.74 bits per heavy atom. The molecule has 2 aliphatic heterocycles. The van der Waals surface area contributed by atoms with Crippen molar-refractivity contribution in [1.29, 1.82) is 0 Å². The summed E-state index contributed by atoms with van der Waals surface area (Å²) in [6.45, 7) is 1.87. The maximum Gasteiger partial charge on any atom is 0.334 e. The molecule has 1 aromatic rings. The normalized spacial score (nSPS) is 20.2. The van der Waals surface area contributed by atoms with Crippen molar-refractivity contribution < 1.29 is 28.9 Å². The van der Waals surface area contributed by atoms with Crippen LogP contribution in [0, 0.1) is 0 Å². The average molecular weight is 321 g/mol. The number of carboxylic acids is 1. The third kappa shape index (κ3) is 3.73. The first-order valence-corrected chi connectivity index (χ1v) is 7.64. The SMILES string of the molecule is O=C(O)C1CN(C(=O)CCc2ccc3c(c2)OCCO3)CCO1. The molecule has 1 amide bonds. The fourth-order valence-electron chi connectivity index (χ4n) is 2.68. The van der Waals surface area contributed by atoms with Crippen LogP contribution >= 0.6 is 0 Å². The van der Waals surface area contributed by atoms with Crippen LogP contribution in [-0.2, 0) is 20.7 Å². The second kappa shape index (κ2) is 6.87. The molecule has 0 bridgehead atoms. The smallest absolute Gasteiger partial charge is 0.334 e. The first kappa shape index (κ1) is 15.6. The minimum Gasteiger partial charge on any atom is -0.486 e. The van der Waals surface area contributed by atoms with E-state index >= 15 is 0 Å². The van der Waals surface area contributed by atoms with E-state index in [1.165, 1.54) is 0 Å². The van der Waals surface area contributed by atoms with Gasteiger partial charge in [-0.1, -0.05) is 6.07 Å². The standard InChI is InChI=1S/C16H19NO6/c18-15(17-5-6-21-14(10-17)16(19)20)4-2-11-1-3-12-13(9-11)23-8-7-22-12/h1,3,9,14H,2,4-8,10H2,(H,19,20). The monoisotopic (exact) mass is 321 g/mol. The Balaban J connectivity index is 1.55. The van der Waals surface area contributed by atoms with Gasteiger partial charge in [0.05, 0.1) is 13.2 Å². The Kier molecular flexibility index (Phi) is 4.66. The number of aliphatic carboxylic acids is 1. The van der Waals surface area contributed by atoms with Gasteiger partial charge in [0, 0.05) is 13.0 Å². The summed E-state index contributed by atoms with van der Waals surface area (Å²) in [4.78, 5) is 24.8. The van der Waals surface area contributed by atoms with Crippen molar-refractivity contribution in [2.24, 2.45) is 0 Å². The minimum atomic E-state index is -1.03. The molecule has 0 spiro atoms. The molecule has 2 aliphatic rings. The van der Waals surface area contributed by atoms with E-state index < -0.39 is 12.1 Å². The highest BCUT2D eigenvalue weighted by Crippen LogP contribution is 2.31. The number of fused-ring (bicyclic) bond motifs is 1. The molecule has 0 saturated carbocycles. The fraction of sp³-hybridized carbons (Fsp3) is 0.500. The highest BCUT2D eigenvalue weighted by atomic mass is 16.6. The van der Waals surface area contributed by atoms with Crippen LogP contribution in [0.1, 0.15) is 12.0 Å². The molecule has 1 aromatic carbocycles. The highest BCUT2D eigenvalue weighted by Gasteiger charge is 2.28. The van der Waals surface area contributed by atoms with E-state index in [0.717, 1.165) is 11.3 Å². The maximum atomic E-state index is 12.2. The summed E-state index contributed by atoms with van der Waals surface area (Å²) in [7, 11) is 0. The van der Waals surface area contributed by atoms with Crippen LogP contribution in [0.2, 0.25) is 0 Å². The summed E-state index contributed by atoms with van der Waals surface area (Å²) in [5, 5.41) is 8.97. The number of hydrogen-bond donors (Lipinski definition) is 1. The molecule has 1 unspecified atom stereocenters. The van der Waals surface area contributed by atoms with Crippen LogP contribution in [-0.4, -0.2) is 60.9 Å². The lowest BCUT2D eigenvalue weighted by Crippen LogP contribution is -2.48. The minimum absolute atomic E-state index is 0.0607. The third-order valence-electron chi connectivity index (χ3n) is 3.93. The number of ether oxygens (including phenoxy) is 3. The molecule has 1 fully saturated rings. The van der Waals surface area contributed by atoms with Gasteiger partial charge in [0.25, 0.3) is 0 Å². The number of amides is 1. The quantitative estimate of drug-likeness (QED) is 0.879. The third-order valence-corrected chi connectivity index (χ3v) is 3.93. The summed E-state index contributed by atoms with van der Waals surface area (Å²) in [5.41, 5.74) is 0.991. The Morgan fingerprint density at radius 2 is 1.96 bits per heavy atom. The summed E-state index contributed by atoms with van der Waals surface area (Å²) < 4.78 is 16.1. The zero-order valence-corrected chi connectivity index (χ0v) is 12.7. The summed E-state index contributed by atoms with van der Waals surface area (Å²) in [6, 6.07) is 5.66. The van der Waals surface area contributed by atoms with Crippen molar-refractivity contribution in [3.8, 4) is 11.5 Å². The van der Waals surface area contributed by atoms with Crippen LogP contribution in [0.3, 0.4) is 0 Å². The Morgan fingerprint density at radius 1 is 1.17 bits per heavy atom. The van der Waals surface area contributed by atoms with E-state index in [1.807, 2.05) is 18.2 Å². The second-order valence-electron chi connectivity index (χ2n) is 5.52. The maximum absolute atomic E-state index is 12.2. The number of benzene rings is 1. The van der Waals surface area contributed by atoms with E-state index in [-0.39, 0.29) is 19.1 Å². The molecule has 1 atom stereocenters. The van der Waals surface area contributed by atoms with Crippen LogP contribution < -0.4 is 9.47 Å². The molecule has 3 rings (SSSR count). The summed E-state index contributed by atoms with van der Waals surface area (Å²) in [5.74, 6) is 0.339. The summed E-state index contributed by atoms with van der Waals surface area (Å²) >= 11 is 0. The number of aryl methyl sites for hydroxylation is 1. The Bertz CT molecular complexity index is 602. The van der Waals surface area contributed by atoms with Crippen molar-refractivity contribution in [3.05, 3.63) is 23.8 Å². The van der Waals surface area contributed by atoms with E-state index in [2.05, 4.69) is 0 Å². The molecule has 1 N–H and O–H groups in total. The Hall–Kier alpha value is -2.28. The number of carbonyl (C=O) groups is 2. The van der Waals surface area contributed by atoms with Gasteiger partial charge in [-0.25, -0.2) is 4.79 Å². The van der Waals surface area contributed by atoms with Crippen LogP contribution in [0.4, 0.5) is 0 Å². The molecular weight excluding hydrogens is 302 g/mol. The molecule has 0 radical (unpaired) electrons. The number of nitrogens with zero attached hydrogens (tertiary/aromatic N) is 1. The van der Waals surface area contributed by atoms with Gasteiger partial charge in [-0.3, -0.25) is 4.79 Å². The number of rotatable bonds is 4. The van der Waals surface area contributed by atoms with E-state index in [9.17, 15) is 9.59 Å². The van der Waals surface area contributed by atoms with Crippen molar-refractivity contribution in [2.45, 2.75) is 18.9 Å². The fourth-order valence-corrected chi connectivity index (χ4v) is 2.68. The van der Waals surface area contributed by atoms with Crippen molar-refractivity contribution >= 4 is 11.9 Å². The predicted octanol–water partition coefficient (Wildman–Crippen LogP) is 0.702. The number of carbonyl (C=O) groups excluding carboxylic acids is 1. The molecule has 7 nitrogen and oxygen atoms in total. The van der Waals surface area contributed by atoms with E-state index in [1.54, 1.807) is 4.90 Å². The molecule has 2 heterocycles. The van der Waals surface area contributed by atoms with Crippen LogP contribution in [0.5, 0.6) is 11.5 Å². The zero-order chi connectivity index (χ0) is 16.2. The lowest BCUT2D eigenvalue weighted by molar-refractivity contribution is -0.159. The zero-order valence-electron chi connectivity index (χ0n) is 12.7. The van der Waals surface area contributed by atoms with Gasteiger partial charge in [-0.2, -0.15) is 0 Å².